The molecule has 0 radical (unpaired) electrons. The van der Waals surface area contributed by atoms with E-state index in [2.05, 4.69) is 241 Å². The van der Waals surface area contributed by atoms with Gasteiger partial charge in [0.2, 0.25) is 0 Å². The van der Waals surface area contributed by atoms with Gasteiger partial charge < -0.3 is 4.57 Å². The van der Waals surface area contributed by atoms with Gasteiger partial charge in [-0.3, -0.25) is 0 Å². The van der Waals surface area contributed by atoms with Gasteiger partial charge in [0.05, 0.1) is 11.0 Å². The number of hydrogen-bond acceptors (Lipinski definition) is 1. The lowest BCUT2D eigenvalue weighted by molar-refractivity contribution is 1.18. The van der Waals surface area contributed by atoms with Crippen molar-refractivity contribution >= 4 is 96.4 Å². The van der Waals surface area contributed by atoms with E-state index in [1.807, 2.05) is 11.3 Å². The molecule has 0 aliphatic carbocycles. The molecule has 0 saturated carbocycles. The van der Waals surface area contributed by atoms with Crippen LogP contribution in [0, 0.1) is 0 Å². The van der Waals surface area contributed by atoms with Crippen molar-refractivity contribution in [2.45, 2.75) is 0 Å². The topological polar surface area (TPSA) is 4.93 Å². The molecule has 306 valence electrons. The molecule has 2 heteroatoms. The lowest BCUT2D eigenvalue weighted by Crippen LogP contribution is -1.95. The lowest BCUT2D eigenvalue weighted by atomic mass is 9.86. The molecule has 0 atom stereocenters. The molecule has 0 saturated heterocycles. The van der Waals surface area contributed by atoms with Crippen molar-refractivity contribution in [3.8, 4) is 50.2 Å². The van der Waals surface area contributed by atoms with Crippen LogP contribution in [0.4, 0.5) is 0 Å². The maximum Gasteiger partial charge on any atom is 0.0541 e. The fourth-order valence-corrected chi connectivity index (χ4v) is 12.2. The van der Waals surface area contributed by atoms with Gasteiger partial charge in [-0.2, -0.15) is 0 Å². The van der Waals surface area contributed by atoms with Crippen LogP contribution in [-0.4, -0.2) is 4.57 Å². The van der Waals surface area contributed by atoms with Gasteiger partial charge in [-0.25, -0.2) is 0 Å². The number of nitrogens with zero attached hydrogens (tertiary/aromatic N) is 1. The number of fused-ring (bicyclic) bond motifs is 11. The summed E-state index contributed by atoms with van der Waals surface area (Å²) < 4.78 is 5.12. The zero-order valence-corrected chi connectivity index (χ0v) is 36.7. The molecule has 66 heavy (non-hydrogen) atoms. The summed E-state index contributed by atoms with van der Waals surface area (Å²) >= 11 is 1.89. The van der Waals surface area contributed by atoms with Crippen molar-refractivity contribution in [3.63, 3.8) is 0 Å². The molecule has 1 nitrogen and oxygen atoms in total. The van der Waals surface area contributed by atoms with E-state index in [-0.39, 0.29) is 0 Å². The first-order valence-electron chi connectivity index (χ1n) is 22.7. The van der Waals surface area contributed by atoms with Gasteiger partial charge in [-0.1, -0.05) is 188 Å². The van der Waals surface area contributed by atoms with Crippen LogP contribution in [0.25, 0.3) is 135 Å². The van der Waals surface area contributed by atoms with E-state index in [1.54, 1.807) is 0 Å². The van der Waals surface area contributed by atoms with E-state index >= 15 is 0 Å². The Kier molecular flexibility index (Phi) is 8.22. The molecule has 12 aromatic carbocycles. The van der Waals surface area contributed by atoms with Crippen LogP contribution in [0.1, 0.15) is 0 Å². The van der Waals surface area contributed by atoms with Crippen LogP contribution in [-0.2, 0) is 0 Å². The maximum atomic E-state index is 2.46. The molecule has 0 aliphatic rings. The van der Waals surface area contributed by atoms with E-state index < -0.39 is 0 Å². The Morgan fingerprint density at radius 1 is 0.273 bits per heavy atom. The zero-order chi connectivity index (χ0) is 43.3. The number of thiophene rings is 1. The van der Waals surface area contributed by atoms with Crippen LogP contribution in [0.15, 0.2) is 237 Å². The second-order valence-electron chi connectivity index (χ2n) is 17.6. The summed E-state index contributed by atoms with van der Waals surface area (Å²) in [7, 11) is 0. The largest absolute Gasteiger partial charge is 0.309 e. The number of aromatic nitrogens is 1. The van der Waals surface area contributed by atoms with E-state index in [9.17, 15) is 0 Å². The third-order valence-electron chi connectivity index (χ3n) is 14.0. The molecular weight excluding hydrogens is 815 g/mol. The van der Waals surface area contributed by atoms with Crippen molar-refractivity contribution < 1.29 is 0 Å². The summed E-state index contributed by atoms with van der Waals surface area (Å²) in [5, 5.41) is 15.2. The summed E-state index contributed by atoms with van der Waals surface area (Å²) in [5.74, 6) is 0. The Bertz CT molecular complexity index is 4210. The molecule has 0 aliphatic heterocycles. The third kappa shape index (κ3) is 5.65. The molecular formula is C64H39NS. The minimum absolute atomic E-state index is 1.14. The number of hydrogen-bond donors (Lipinski definition) is 0. The van der Waals surface area contributed by atoms with Gasteiger partial charge >= 0.3 is 0 Å². The summed E-state index contributed by atoms with van der Waals surface area (Å²) in [6.07, 6.45) is 0. The molecule has 14 rings (SSSR count). The Labute approximate surface area is 385 Å². The molecule has 0 amide bonds. The van der Waals surface area contributed by atoms with Crippen molar-refractivity contribution in [1.82, 2.24) is 4.57 Å². The standard InChI is InChI=1S/C64H39NS/c1-2-14-42(15-3-1)62-51-18-6-8-20-53(51)63(54-21-9-7-19-52(54)62)43-29-33-47(34-30-43)65-59-35-31-45(44-28-27-41-26-25-40-13-4-5-16-48(40)56(41)37-44)38-57(59)58-39-46(32-36-60(58)65)49-22-12-23-55-50-17-10-11-24-61(50)66-64(49)55/h1-39H. The van der Waals surface area contributed by atoms with Crippen molar-refractivity contribution in [2.24, 2.45) is 0 Å². The monoisotopic (exact) mass is 853 g/mol. The van der Waals surface area contributed by atoms with Crippen LogP contribution in [0.2, 0.25) is 0 Å². The minimum Gasteiger partial charge on any atom is -0.309 e. The molecule has 0 unspecified atom stereocenters. The highest BCUT2D eigenvalue weighted by molar-refractivity contribution is 7.26. The lowest BCUT2D eigenvalue weighted by Gasteiger charge is -2.18. The Hall–Kier alpha value is -8.30. The van der Waals surface area contributed by atoms with E-state index in [0.717, 1.165) is 5.69 Å². The number of benzene rings is 12. The zero-order valence-electron chi connectivity index (χ0n) is 35.9. The van der Waals surface area contributed by atoms with Crippen molar-refractivity contribution in [2.75, 3.05) is 0 Å². The Balaban J connectivity index is 0.969. The number of rotatable bonds is 5. The van der Waals surface area contributed by atoms with Crippen LogP contribution < -0.4 is 0 Å². The molecule has 14 aromatic rings. The quantitative estimate of drug-likeness (QED) is 0.120. The average molecular weight is 854 g/mol. The van der Waals surface area contributed by atoms with Gasteiger partial charge in [0.25, 0.3) is 0 Å². The normalized spacial score (nSPS) is 11.9. The fourth-order valence-electron chi connectivity index (χ4n) is 10.9. The average Bonchev–Trinajstić information content (AvgIpc) is 3.93. The second kappa shape index (κ2) is 14.6. The van der Waals surface area contributed by atoms with Crippen LogP contribution in [0.5, 0.6) is 0 Å². The van der Waals surface area contributed by atoms with Crippen molar-refractivity contribution in [3.05, 3.63) is 237 Å². The van der Waals surface area contributed by atoms with Gasteiger partial charge in [-0.05, 0) is 136 Å². The first-order chi connectivity index (χ1) is 32.7. The second-order valence-corrected chi connectivity index (χ2v) is 18.6. The van der Waals surface area contributed by atoms with E-state index in [4.69, 9.17) is 0 Å². The van der Waals surface area contributed by atoms with E-state index in [0.29, 0.717) is 0 Å². The molecule has 0 fully saturated rings. The summed E-state index contributed by atoms with van der Waals surface area (Å²) in [4.78, 5) is 0. The summed E-state index contributed by atoms with van der Waals surface area (Å²) in [5.41, 5.74) is 13.4. The highest BCUT2D eigenvalue weighted by Gasteiger charge is 2.19. The smallest absolute Gasteiger partial charge is 0.0541 e. The first-order valence-corrected chi connectivity index (χ1v) is 23.6. The maximum absolute atomic E-state index is 2.46. The Morgan fingerprint density at radius 3 is 1.42 bits per heavy atom. The summed E-state index contributed by atoms with van der Waals surface area (Å²) in [6, 6.07) is 87.8. The Morgan fingerprint density at radius 2 is 0.742 bits per heavy atom. The molecule has 0 bridgehead atoms. The highest BCUT2D eigenvalue weighted by atomic mass is 32.1. The SMILES string of the molecule is c1ccc(-c2c3ccccc3c(-c3ccc(-n4c5ccc(-c6ccc7ccc8ccccc8c7c6)cc5c5cc(-c6cccc7c6sc6ccccc67)ccc54)cc3)c3ccccc23)cc1. The molecule has 0 N–H and O–H groups in total. The van der Waals surface area contributed by atoms with Gasteiger partial charge in [0, 0.05) is 36.6 Å². The fraction of sp³-hybridized carbons (Fsp3) is 0. The van der Waals surface area contributed by atoms with Crippen LogP contribution >= 0.6 is 11.3 Å². The van der Waals surface area contributed by atoms with Gasteiger partial charge in [0.1, 0.15) is 0 Å². The van der Waals surface area contributed by atoms with Crippen molar-refractivity contribution in [1.29, 1.82) is 0 Å². The summed E-state index contributed by atoms with van der Waals surface area (Å²) in [6.45, 7) is 0. The molecule has 0 spiro atoms. The molecule has 2 heterocycles. The predicted molar refractivity (Wildman–Crippen MR) is 285 cm³/mol. The first kappa shape index (κ1) is 37.1. The van der Waals surface area contributed by atoms with Gasteiger partial charge in [0.15, 0.2) is 0 Å². The van der Waals surface area contributed by atoms with Gasteiger partial charge in [-0.15, -0.1) is 11.3 Å². The predicted octanol–water partition coefficient (Wildman–Crippen LogP) is 18.4. The minimum atomic E-state index is 1.14. The molecule has 2 aromatic heterocycles. The van der Waals surface area contributed by atoms with E-state index in [1.165, 1.54) is 130 Å². The highest BCUT2D eigenvalue weighted by Crippen LogP contribution is 2.46. The van der Waals surface area contributed by atoms with Crippen LogP contribution in [0.3, 0.4) is 0 Å². The third-order valence-corrected chi connectivity index (χ3v) is 15.2.